The van der Waals surface area contributed by atoms with Crippen LogP contribution in [-0.4, -0.2) is 17.8 Å². The molecule has 0 N–H and O–H groups in total. The number of halogens is 1. The third-order valence-corrected chi connectivity index (χ3v) is 4.63. The SMILES string of the molecule is [B]c1ccc(-c2cc(-c3ccc(Br)cc3)nc(-c3ccccc3)n2)cc1. The minimum Gasteiger partial charge on any atom is -0.228 e. The molecule has 0 saturated carbocycles. The predicted octanol–water partition coefficient (Wildman–Crippen LogP) is 5.03. The van der Waals surface area contributed by atoms with Crippen molar-refractivity contribution < 1.29 is 0 Å². The topological polar surface area (TPSA) is 25.8 Å². The van der Waals surface area contributed by atoms with E-state index in [-0.39, 0.29) is 0 Å². The minimum absolute atomic E-state index is 0.706. The number of aromatic nitrogens is 2. The largest absolute Gasteiger partial charge is 0.228 e. The first-order valence-corrected chi connectivity index (χ1v) is 9.05. The van der Waals surface area contributed by atoms with Crippen LogP contribution in [0.15, 0.2) is 89.4 Å². The Labute approximate surface area is 162 Å². The quantitative estimate of drug-likeness (QED) is 0.453. The predicted molar refractivity (Wildman–Crippen MR) is 111 cm³/mol. The average molecular weight is 397 g/mol. The molecule has 26 heavy (non-hydrogen) atoms. The summed E-state index contributed by atoms with van der Waals surface area (Å²) in [6, 6.07) is 27.9. The first kappa shape index (κ1) is 16.7. The molecule has 4 heteroatoms. The highest BCUT2D eigenvalue weighted by Crippen LogP contribution is 2.27. The van der Waals surface area contributed by atoms with Gasteiger partial charge in [-0.15, -0.1) is 0 Å². The summed E-state index contributed by atoms with van der Waals surface area (Å²) < 4.78 is 1.04. The van der Waals surface area contributed by atoms with E-state index in [9.17, 15) is 0 Å². The molecule has 2 nitrogen and oxygen atoms in total. The molecule has 0 aliphatic rings. The smallest absolute Gasteiger partial charge is 0.160 e. The van der Waals surface area contributed by atoms with Gasteiger partial charge in [-0.05, 0) is 18.2 Å². The Morgan fingerprint density at radius 2 is 1.15 bits per heavy atom. The first-order chi connectivity index (χ1) is 12.7. The Hall–Kier alpha value is -2.72. The number of benzene rings is 3. The third kappa shape index (κ3) is 3.61. The van der Waals surface area contributed by atoms with E-state index >= 15 is 0 Å². The average Bonchev–Trinajstić information content (AvgIpc) is 2.69. The van der Waals surface area contributed by atoms with Gasteiger partial charge in [0.05, 0.1) is 11.4 Å². The third-order valence-electron chi connectivity index (χ3n) is 4.10. The maximum Gasteiger partial charge on any atom is 0.160 e. The van der Waals surface area contributed by atoms with Crippen molar-refractivity contribution >= 4 is 29.2 Å². The van der Waals surface area contributed by atoms with Crippen LogP contribution in [-0.2, 0) is 0 Å². The summed E-state index contributed by atoms with van der Waals surface area (Å²) in [5, 5.41) is 0. The zero-order chi connectivity index (χ0) is 17.9. The Morgan fingerprint density at radius 3 is 1.73 bits per heavy atom. The van der Waals surface area contributed by atoms with Crippen LogP contribution < -0.4 is 5.46 Å². The molecule has 1 aromatic heterocycles. The molecule has 4 rings (SSSR count). The maximum atomic E-state index is 5.82. The van der Waals surface area contributed by atoms with E-state index < -0.39 is 0 Å². The van der Waals surface area contributed by atoms with Crippen molar-refractivity contribution in [3.8, 4) is 33.9 Å². The highest BCUT2D eigenvalue weighted by atomic mass is 79.9. The Kier molecular flexibility index (Phi) is 4.68. The van der Waals surface area contributed by atoms with Crippen LogP contribution in [0.4, 0.5) is 0 Å². The van der Waals surface area contributed by atoms with Crippen molar-refractivity contribution in [2.24, 2.45) is 0 Å². The van der Waals surface area contributed by atoms with Crippen LogP contribution in [0.25, 0.3) is 33.9 Å². The van der Waals surface area contributed by atoms with Gasteiger partial charge < -0.3 is 0 Å². The molecular formula is C22H14BBrN2. The fourth-order valence-corrected chi connectivity index (χ4v) is 3.00. The molecule has 0 fully saturated rings. The van der Waals surface area contributed by atoms with E-state index in [0.29, 0.717) is 5.82 Å². The number of hydrogen-bond donors (Lipinski definition) is 0. The minimum atomic E-state index is 0.706. The summed E-state index contributed by atoms with van der Waals surface area (Å²) in [5.41, 5.74) is 5.54. The van der Waals surface area contributed by atoms with E-state index in [1.54, 1.807) is 0 Å². The molecule has 3 aromatic carbocycles. The van der Waals surface area contributed by atoms with Crippen LogP contribution >= 0.6 is 15.9 Å². The van der Waals surface area contributed by atoms with Gasteiger partial charge in [-0.3, -0.25) is 0 Å². The molecule has 0 saturated heterocycles. The normalized spacial score (nSPS) is 10.7. The molecule has 2 radical (unpaired) electrons. The molecule has 0 amide bonds. The van der Waals surface area contributed by atoms with Crippen molar-refractivity contribution in [1.82, 2.24) is 9.97 Å². The molecule has 1 heterocycles. The van der Waals surface area contributed by atoms with Gasteiger partial charge in [-0.1, -0.05) is 88.1 Å². The summed E-state index contributed by atoms with van der Waals surface area (Å²) in [5.74, 6) is 0.706. The van der Waals surface area contributed by atoms with Gasteiger partial charge >= 0.3 is 0 Å². The van der Waals surface area contributed by atoms with Gasteiger partial charge in [0.1, 0.15) is 7.85 Å². The van der Waals surface area contributed by atoms with E-state index in [0.717, 1.165) is 38.0 Å². The molecule has 0 aliphatic heterocycles. The molecule has 4 aromatic rings. The van der Waals surface area contributed by atoms with Gasteiger partial charge in [-0.2, -0.15) is 0 Å². The highest BCUT2D eigenvalue weighted by Gasteiger charge is 2.10. The lowest BCUT2D eigenvalue weighted by molar-refractivity contribution is 1.18. The van der Waals surface area contributed by atoms with Crippen LogP contribution in [0.1, 0.15) is 0 Å². The summed E-state index contributed by atoms with van der Waals surface area (Å²) >= 11 is 3.48. The molecule has 0 bridgehead atoms. The van der Waals surface area contributed by atoms with Crippen molar-refractivity contribution in [2.75, 3.05) is 0 Å². The van der Waals surface area contributed by atoms with Crippen molar-refractivity contribution in [3.05, 3.63) is 89.4 Å². The van der Waals surface area contributed by atoms with Crippen molar-refractivity contribution in [3.63, 3.8) is 0 Å². The van der Waals surface area contributed by atoms with Gasteiger partial charge in [0.25, 0.3) is 0 Å². The summed E-state index contributed by atoms with van der Waals surface area (Å²) in [7, 11) is 5.82. The summed E-state index contributed by atoms with van der Waals surface area (Å²) in [4.78, 5) is 9.58. The first-order valence-electron chi connectivity index (χ1n) is 8.25. The molecule has 0 spiro atoms. The zero-order valence-corrected chi connectivity index (χ0v) is 15.5. The second-order valence-corrected chi connectivity index (χ2v) is 6.87. The molecule has 0 unspecified atom stereocenters. The lowest BCUT2D eigenvalue weighted by atomic mass is 9.94. The van der Waals surface area contributed by atoms with Gasteiger partial charge in [0.15, 0.2) is 5.82 Å². The lowest BCUT2D eigenvalue weighted by Gasteiger charge is -2.09. The summed E-state index contributed by atoms with van der Waals surface area (Å²) in [6.45, 7) is 0. The lowest BCUT2D eigenvalue weighted by Crippen LogP contribution is -2.00. The van der Waals surface area contributed by atoms with E-state index in [2.05, 4.69) is 15.9 Å². The van der Waals surface area contributed by atoms with Crippen LogP contribution in [0.3, 0.4) is 0 Å². The Morgan fingerprint density at radius 1 is 0.615 bits per heavy atom. The van der Waals surface area contributed by atoms with Crippen molar-refractivity contribution in [1.29, 1.82) is 0 Å². The van der Waals surface area contributed by atoms with Crippen LogP contribution in [0.5, 0.6) is 0 Å². The molecule has 122 valence electrons. The van der Waals surface area contributed by atoms with Gasteiger partial charge in [0.2, 0.25) is 0 Å². The number of hydrogen-bond acceptors (Lipinski definition) is 2. The maximum absolute atomic E-state index is 5.82. The molecule has 0 atom stereocenters. The van der Waals surface area contributed by atoms with E-state index in [4.69, 9.17) is 17.8 Å². The van der Waals surface area contributed by atoms with Crippen molar-refractivity contribution in [2.45, 2.75) is 0 Å². The second kappa shape index (κ2) is 7.26. The second-order valence-electron chi connectivity index (χ2n) is 5.96. The summed E-state index contributed by atoms with van der Waals surface area (Å²) in [6.07, 6.45) is 0. The number of nitrogens with zero attached hydrogens (tertiary/aromatic N) is 2. The van der Waals surface area contributed by atoms with Crippen LogP contribution in [0, 0.1) is 0 Å². The number of rotatable bonds is 3. The standard InChI is InChI=1S/C22H14BBrN2/c23-18-10-6-15(7-11-18)20-14-21(16-8-12-19(24)13-9-16)26-22(25-20)17-4-2-1-3-5-17/h1-14H. The Balaban J connectivity index is 1.89. The monoisotopic (exact) mass is 396 g/mol. The van der Waals surface area contributed by atoms with E-state index in [1.165, 1.54) is 0 Å². The molecule has 0 aliphatic carbocycles. The van der Waals surface area contributed by atoms with E-state index in [1.807, 2.05) is 84.9 Å². The fourth-order valence-electron chi connectivity index (χ4n) is 2.73. The molecular weight excluding hydrogens is 383 g/mol. The highest BCUT2D eigenvalue weighted by molar-refractivity contribution is 9.10. The van der Waals surface area contributed by atoms with Crippen LogP contribution in [0.2, 0.25) is 0 Å². The fraction of sp³-hybridized carbons (Fsp3) is 0. The van der Waals surface area contributed by atoms with Gasteiger partial charge in [0, 0.05) is 21.2 Å². The Bertz CT molecular complexity index is 966. The van der Waals surface area contributed by atoms with Gasteiger partial charge in [-0.25, -0.2) is 9.97 Å². The zero-order valence-electron chi connectivity index (χ0n) is 13.9.